The number of piperidine rings is 1. The summed E-state index contributed by atoms with van der Waals surface area (Å²) in [4.78, 5) is 14.5. The van der Waals surface area contributed by atoms with Crippen molar-refractivity contribution in [2.24, 2.45) is 0 Å². The third-order valence-corrected chi connectivity index (χ3v) is 6.30. The van der Waals surface area contributed by atoms with Crippen molar-refractivity contribution in [2.45, 2.75) is 24.8 Å². The molecule has 1 aliphatic heterocycles. The molecule has 0 amide bonds. The highest BCUT2D eigenvalue weighted by Gasteiger charge is 2.39. The topological polar surface area (TPSA) is 38.8 Å². The molecule has 1 saturated heterocycles. The second-order valence-corrected chi connectivity index (χ2v) is 8.18. The number of benzene rings is 3. The van der Waals surface area contributed by atoms with Crippen LogP contribution < -0.4 is 4.74 Å². The Morgan fingerprint density at radius 3 is 2.42 bits per heavy atom. The van der Waals surface area contributed by atoms with E-state index in [1.165, 1.54) is 23.8 Å². The van der Waals surface area contributed by atoms with E-state index in [1.54, 1.807) is 7.11 Å². The lowest BCUT2D eigenvalue weighted by Gasteiger charge is -2.44. The fraction of sp³-hybridized carbons (Fsp3) is 0.296. The molecule has 160 valence electrons. The lowest BCUT2D eigenvalue weighted by Crippen LogP contribution is -2.46. The molecule has 0 aliphatic carbocycles. The summed E-state index contributed by atoms with van der Waals surface area (Å²) in [6.07, 6.45) is 2.14. The standard InChI is InChI=1S/C27H29NO3/c1-30-25-11-6-10-24(18-25)27(23-14-12-22(13-15-23)26(29)31-2)16-7-17-28(20-27)19-21-8-4-3-5-9-21/h3-6,8-15,18H,7,16-17,19-20H2,1-2H3. The van der Waals surface area contributed by atoms with Crippen molar-refractivity contribution in [3.05, 3.63) is 101 Å². The van der Waals surface area contributed by atoms with Gasteiger partial charge in [0.05, 0.1) is 19.8 Å². The predicted octanol–water partition coefficient (Wildman–Crippen LogP) is 5.06. The van der Waals surface area contributed by atoms with Gasteiger partial charge in [-0.1, -0.05) is 54.6 Å². The maximum atomic E-state index is 11.9. The van der Waals surface area contributed by atoms with E-state index < -0.39 is 0 Å². The average Bonchev–Trinajstić information content (AvgIpc) is 2.84. The number of methoxy groups -OCH3 is 2. The molecular weight excluding hydrogens is 386 g/mol. The van der Waals surface area contributed by atoms with Crippen molar-refractivity contribution in [2.75, 3.05) is 27.3 Å². The van der Waals surface area contributed by atoms with E-state index in [1.807, 2.05) is 18.2 Å². The van der Waals surface area contributed by atoms with Gasteiger partial charge in [-0.3, -0.25) is 4.90 Å². The fourth-order valence-corrected chi connectivity index (χ4v) is 4.72. The average molecular weight is 416 g/mol. The lowest BCUT2D eigenvalue weighted by atomic mass is 9.69. The van der Waals surface area contributed by atoms with Gasteiger partial charge in [0.1, 0.15) is 5.75 Å². The van der Waals surface area contributed by atoms with Crippen LogP contribution in [0.15, 0.2) is 78.9 Å². The SMILES string of the molecule is COC(=O)c1ccc(C2(c3cccc(OC)c3)CCCN(Cc3ccccc3)C2)cc1. The fourth-order valence-electron chi connectivity index (χ4n) is 4.72. The van der Waals surface area contributed by atoms with Gasteiger partial charge in [-0.25, -0.2) is 4.79 Å². The number of likely N-dealkylation sites (tertiary alicyclic amines) is 1. The first-order chi connectivity index (χ1) is 15.1. The summed E-state index contributed by atoms with van der Waals surface area (Å²) < 4.78 is 10.4. The second-order valence-electron chi connectivity index (χ2n) is 8.18. The molecule has 0 radical (unpaired) electrons. The van der Waals surface area contributed by atoms with E-state index in [2.05, 4.69) is 65.6 Å². The van der Waals surface area contributed by atoms with Crippen LogP contribution in [0.25, 0.3) is 0 Å². The Morgan fingerprint density at radius 1 is 0.935 bits per heavy atom. The van der Waals surface area contributed by atoms with Gasteiger partial charge in [-0.2, -0.15) is 0 Å². The van der Waals surface area contributed by atoms with E-state index in [0.717, 1.165) is 38.2 Å². The van der Waals surface area contributed by atoms with E-state index in [9.17, 15) is 4.79 Å². The molecule has 1 fully saturated rings. The van der Waals surface area contributed by atoms with Crippen LogP contribution in [0.4, 0.5) is 0 Å². The van der Waals surface area contributed by atoms with Crippen LogP contribution in [0.3, 0.4) is 0 Å². The van der Waals surface area contributed by atoms with Crippen molar-refractivity contribution in [3.63, 3.8) is 0 Å². The highest BCUT2D eigenvalue weighted by atomic mass is 16.5. The number of carbonyl (C=O) groups excluding carboxylic acids is 1. The molecule has 1 heterocycles. The molecule has 3 aromatic carbocycles. The number of hydrogen-bond donors (Lipinski definition) is 0. The van der Waals surface area contributed by atoms with Gasteiger partial charge in [0.15, 0.2) is 0 Å². The van der Waals surface area contributed by atoms with Crippen LogP contribution in [-0.4, -0.2) is 38.2 Å². The van der Waals surface area contributed by atoms with Gasteiger partial charge in [0.25, 0.3) is 0 Å². The molecule has 0 spiro atoms. The third kappa shape index (κ3) is 4.49. The zero-order valence-corrected chi connectivity index (χ0v) is 18.2. The van der Waals surface area contributed by atoms with Crippen LogP contribution in [0, 0.1) is 0 Å². The Bertz CT molecular complexity index is 1020. The molecule has 0 aromatic heterocycles. The number of rotatable bonds is 6. The minimum Gasteiger partial charge on any atom is -0.497 e. The van der Waals surface area contributed by atoms with Crippen LogP contribution >= 0.6 is 0 Å². The molecule has 1 atom stereocenters. The first-order valence-corrected chi connectivity index (χ1v) is 10.7. The zero-order chi connectivity index (χ0) is 21.7. The number of nitrogens with zero attached hydrogens (tertiary/aromatic N) is 1. The van der Waals surface area contributed by atoms with Gasteiger partial charge in [0, 0.05) is 18.5 Å². The third-order valence-electron chi connectivity index (χ3n) is 6.30. The quantitative estimate of drug-likeness (QED) is 0.527. The Labute approximate surface area is 184 Å². The Morgan fingerprint density at radius 2 is 1.71 bits per heavy atom. The van der Waals surface area contributed by atoms with Crippen LogP contribution in [-0.2, 0) is 16.7 Å². The minimum absolute atomic E-state index is 0.170. The molecule has 0 bridgehead atoms. The maximum Gasteiger partial charge on any atom is 0.337 e. The van der Waals surface area contributed by atoms with Crippen molar-refractivity contribution >= 4 is 5.97 Å². The van der Waals surface area contributed by atoms with E-state index in [4.69, 9.17) is 9.47 Å². The summed E-state index contributed by atoms with van der Waals surface area (Å²) in [5.41, 5.74) is 4.19. The Kier molecular flexibility index (Phi) is 6.38. The molecule has 31 heavy (non-hydrogen) atoms. The van der Waals surface area contributed by atoms with Gasteiger partial charge >= 0.3 is 5.97 Å². The molecule has 1 aliphatic rings. The smallest absolute Gasteiger partial charge is 0.337 e. The van der Waals surface area contributed by atoms with Gasteiger partial charge in [-0.15, -0.1) is 0 Å². The van der Waals surface area contributed by atoms with Crippen LogP contribution in [0.2, 0.25) is 0 Å². The second kappa shape index (κ2) is 9.36. The van der Waals surface area contributed by atoms with Crippen molar-refractivity contribution in [1.29, 1.82) is 0 Å². The minimum atomic E-state index is -0.309. The van der Waals surface area contributed by atoms with Gasteiger partial charge in [0.2, 0.25) is 0 Å². The Hall–Kier alpha value is -3.11. The number of ether oxygens (including phenoxy) is 2. The summed E-state index contributed by atoms with van der Waals surface area (Å²) in [5, 5.41) is 0. The van der Waals surface area contributed by atoms with Crippen molar-refractivity contribution in [3.8, 4) is 5.75 Å². The molecular formula is C27H29NO3. The molecule has 4 nitrogen and oxygen atoms in total. The van der Waals surface area contributed by atoms with E-state index in [-0.39, 0.29) is 11.4 Å². The van der Waals surface area contributed by atoms with E-state index in [0.29, 0.717) is 5.56 Å². The normalized spacial score (nSPS) is 19.0. The summed E-state index contributed by atoms with van der Waals surface area (Å²) in [6, 6.07) is 26.9. The van der Waals surface area contributed by atoms with Crippen molar-refractivity contribution < 1.29 is 14.3 Å². The summed E-state index contributed by atoms with van der Waals surface area (Å²) in [7, 11) is 3.12. The highest BCUT2D eigenvalue weighted by Crippen LogP contribution is 2.42. The summed E-state index contributed by atoms with van der Waals surface area (Å²) >= 11 is 0. The molecule has 3 aromatic rings. The molecule has 1 unspecified atom stereocenters. The first kappa shape index (κ1) is 21.1. The largest absolute Gasteiger partial charge is 0.497 e. The lowest BCUT2D eigenvalue weighted by molar-refractivity contribution is 0.0600. The molecule has 0 N–H and O–H groups in total. The van der Waals surface area contributed by atoms with Crippen LogP contribution in [0.5, 0.6) is 5.75 Å². The van der Waals surface area contributed by atoms with Crippen molar-refractivity contribution in [1.82, 2.24) is 4.90 Å². The molecule has 4 rings (SSSR count). The van der Waals surface area contributed by atoms with Gasteiger partial charge < -0.3 is 9.47 Å². The number of hydrogen-bond acceptors (Lipinski definition) is 4. The molecule has 4 heteroatoms. The Balaban J connectivity index is 1.73. The predicted molar refractivity (Wildman–Crippen MR) is 123 cm³/mol. The highest BCUT2D eigenvalue weighted by molar-refractivity contribution is 5.89. The van der Waals surface area contributed by atoms with E-state index >= 15 is 0 Å². The molecule has 0 saturated carbocycles. The summed E-state index contributed by atoms with van der Waals surface area (Å²) in [5.74, 6) is 0.555. The first-order valence-electron chi connectivity index (χ1n) is 10.7. The number of carbonyl (C=O) groups is 1. The monoisotopic (exact) mass is 415 g/mol. The zero-order valence-electron chi connectivity index (χ0n) is 18.2. The van der Waals surface area contributed by atoms with Gasteiger partial charge in [-0.05, 0) is 60.3 Å². The summed E-state index contributed by atoms with van der Waals surface area (Å²) in [6.45, 7) is 2.90. The number of esters is 1. The van der Waals surface area contributed by atoms with Crippen LogP contribution in [0.1, 0.15) is 39.9 Å². The maximum absolute atomic E-state index is 11.9.